The van der Waals surface area contributed by atoms with Gasteiger partial charge in [0.25, 0.3) is 0 Å². The Hall–Kier alpha value is -2.41. The van der Waals surface area contributed by atoms with Crippen molar-refractivity contribution in [2.45, 2.75) is 45.1 Å². The zero-order chi connectivity index (χ0) is 19.1. The van der Waals surface area contributed by atoms with Crippen molar-refractivity contribution in [2.24, 2.45) is 0 Å². The van der Waals surface area contributed by atoms with Crippen LogP contribution in [0, 0.1) is 12.3 Å². The highest BCUT2D eigenvalue weighted by Gasteiger charge is 2.32. The normalized spacial score (nSPS) is 22.0. The maximum Gasteiger partial charge on any atom is 0.412 e. The molecule has 1 amide bonds. The minimum Gasteiger partial charge on any atom is -0.449 e. The van der Waals surface area contributed by atoms with Crippen LogP contribution in [0.15, 0.2) is 11.0 Å². The molecule has 0 saturated carbocycles. The molecule has 2 heterocycles. The number of aromatic nitrogens is 2. The summed E-state index contributed by atoms with van der Waals surface area (Å²) in [6.07, 6.45) is 5.13. The molecule has 1 aliphatic rings. The van der Waals surface area contributed by atoms with Crippen LogP contribution < -0.4 is 11.0 Å². The van der Waals surface area contributed by atoms with Gasteiger partial charge in [-0.1, -0.05) is 5.92 Å². The number of carbonyl (C=O) groups is 1. The highest BCUT2D eigenvalue weighted by atomic mass is 16.6. The minimum atomic E-state index is -0.760. The molecule has 0 bridgehead atoms. The van der Waals surface area contributed by atoms with E-state index < -0.39 is 30.2 Å². The van der Waals surface area contributed by atoms with Crippen LogP contribution in [0.5, 0.6) is 0 Å². The van der Waals surface area contributed by atoms with Crippen molar-refractivity contribution in [2.75, 3.05) is 25.1 Å². The molecule has 0 radical (unpaired) electrons. The van der Waals surface area contributed by atoms with Crippen molar-refractivity contribution >= 4 is 11.9 Å². The maximum atomic E-state index is 12.2. The Labute approximate surface area is 151 Å². The van der Waals surface area contributed by atoms with Crippen molar-refractivity contribution in [1.29, 1.82) is 0 Å². The first kappa shape index (κ1) is 19.9. The number of rotatable bonds is 7. The Kier molecular flexibility index (Phi) is 7.15. The van der Waals surface area contributed by atoms with Gasteiger partial charge in [-0.2, -0.15) is 4.98 Å². The van der Waals surface area contributed by atoms with E-state index in [1.54, 1.807) is 6.92 Å². The largest absolute Gasteiger partial charge is 0.449 e. The molecule has 1 saturated heterocycles. The van der Waals surface area contributed by atoms with E-state index in [-0.39, 0.29) is 24.4 Å². The van der Waals surface area contributed by atoms with E-state index >= 15 is 0 Å². The van der Waals surface area contributed by atoms with Gasteiger partial charge in [0.15, 0.2) is 5.82 Å². The van der Waals surface area contributed by atoms with Crippen molar-refractivity contribution in [3.63, 3.8) is 0 Å². The lowest BCUT2D eigenvalue weighted by atomic mass is 10.2. The average molecular weight is 365 g/mol. The first-order valence-electron chi connectivity index (χ1n) is 8.41. The Morgan fingerprint density at radius 3 is 2.96 bits per heavy atom. The molecule has 0 spiro atoms. The molecule has 1 aromatic heterocycles. The molecule has 2 N–H and O–H groups in total. The van der Waals surface area contributed by atoms with E-state index in [0.717, 1.165) is 0 Å². The summed E-state index contributed by atoms with van der Waals surface area (Å²) in [6, 6.07) is 0. The van der Waals surface area contributed by atoms with Crippen LogP contribution in [0.25, 0.3) is 0 Å². The van der Waals surface area contributed by atoms with Crippen molar-refractivity contribution in [3.05, 3.63) is 22.2 Å². The molecular weight excluding hydrogens is 342 g/mol. The molecule has 0 aromatic carbocycles. The predicted molar refractivity (Wildman–Crippen MR) is 92.7 cm³/mol. The standard InChI is InChI=1S/C17H23N3O6/c1-4-12-10-20(14-9-13(21)11(3)26-14)16(22)18-15(12)19-17(23)25-8-6-7-24-5-2/h1,10-11,13-14,21H,5-9H2,2-3H3,(H,18,19,22,23). The molecule has 1 aliphatic heterocycles. The fourth-order valence-corrected chi connectivity index (χ4v) is 2.45. The van der Waals surface area contributed by atoms with E-state index in [1.807, 2.05) is 6.92 Å². The van der Waals surface area contributed by atoms with Crippen LogP contribution in [0.3, 0.4) is 0 Å². The fourth-order valence-electron chi connectivity index (χ4n) is 2.45. The van der Waals surface area contributed by atoms with E-state index in [9.17, 15) is 14.7 Å². The number of hydrogen-bond donors (Lipinski definition) is 2. The van der Waals surface area contributed by atoms with Crippen molar-refractivity contribution < 1.29 is 24.1 Å². The van der Waals surface area contributed by atoms with E-state index in [0.29, 0.717) is 19.6 Å². The van der Waals surface area contributed by atoms with Gasteiger partial charge in [0.2, 0.25) is 0 Å². The number of carbonyl (C=O) groups excluding carboxylic acids is 1. The van der Waals surface area contributed by atoms with Crippen molar-refractivity contribution in [3.8, 4) is 12.3 Å². The summed E-state index contributed by atoms with van der Waals surface area (Å²) in [4.78, 5) is 27.8. The first-order valence-corrected chi connectivity index (χ1v) is 8.41. The van der Waals surface area contributed by atoms with Crippen LogP contribution in [-0.4, -0.2) is 52.8 Å². The Bertz CT molecular complexity index is 716. The predicted octanol–water partition coefficient (Wildman–Crippen LogP) is 0.868. The van der Waals surface area contributed by atoms with Gasteiger partial charge in [-0.05, 0) is 13.8 Å². The summed E-state index contributed by atoms with van der Waals surface area (Å²) < 4.78 is 16.9. The van der Waals surface area contributed by atoms with Gasteiger partial charge in [0.05, 0.1) is 24.4 Å². The number of aliphatic hydroxyl groups is 1. The second kappa shape index (κ2) is 9.33. The lowest BCUT2D eigenvalue weighted by Crippen LogP contribution is -2.29. The number of nitrogens with one attached hydrogen (secondary N) is 1. The number of hydrogen-bond acceptors (Lipinski definition) is 7. The molecule has 9 heteroatoms. The van der Waals surface area contributed by atoms with E-state index in [4.69, 9.17) is 20.6 Å². The molecule has 2 rings (SSSR count). The monoisotopic (exact) mass is 365 g/mol. The second-order valence-electron chi connectivity index (χ2n) is 5.75. The van der Waals surface area contributed by atoms with Gasteiger partial charge >= 0.3 is 11.8 Å². The molecule has 26 heavy (non-hydrogen) atoms. The third-order valence-corrected chi connectivity index (χ3v) is 3.86. The van der Waals surface area contributed by atoms with Gasteiger partial charge in [-0.15, -0.1) is 6.42 Å². The van der Waals surface area contributed by atoms with Gasteiger partial charge < -0.3 is 19.3 Å². The van der Waals surface area contributed by atoms with Gasteiger partial charge in [-0.25, -0.2) is 9.59 Å². The zero-order valence-corrected chi connectivity index (χ0v) is 14.8. The van der Waals surface area contributed by atoms with E-state index in [1.165, 1.54) is 10.8 Å². The van der Waals surface area contributed by atoms with Crippen LogP contribution in [0.1, 0.15) is 38.5 Å². The number of ether oxygens (including phenoxy) is 3. The minimum absolute atomic E-state index is 0.0600. The topological polar surface area (TPSA) is 112 Å². The SMILES string of the molecule is C#Cc1cn(C2CC(O)C(C)O2)c(=O)nc1NC(=O)OCCCOCC. The summed E-state index contributed by atoms with van der Waals surface area (Å²) in [5.74, 6) is 2.31. The van der Waals surface area contributed by atoms with Crippen LogP contribution in [0.2, 0.25) is 0 Å². The lowest BCUT2D eigenvalue weighted by molar-refractivity contribution is -0.0100. The third kappa shape index (κ3) is 5.05. The Morgan fingerprint density at radius 2 is 2.35 bits per heavy atom. The number of aliphatic hydroxyl groups excluding tert-OH is 1. The highest BCUT2D eigenvalue weighted by molar-refractivity contribution is 5.84. The Morgan fingerprint density at radius 1 is 1.58 bits per heavy atom. The average Bonchev–Trinajstić information content (AvgIpc) is 2.93. The highest BCUT2D eigenvalue weighted by Crippen LogP contribution is 2.27. The molecule has 9 nitrogen and oxygen atoms in total. The number of nitrogens with zero attached hydrogens (tertiary/aromatic N) is 2. The first-order chi connectivity index (χ1) is 12.5. The summed E-state index contributed by atoms with van der Waals surface area (Å²) >= 11 is 0. The molecule has 142 valence electrons. The fraction of sp³-hybridized carbons (Fsp3) is 0.588. The van der Waals surface area contributed by atoms with Gasteiger partial charge in [0.1, 0.15) is 6.23 Å². The summed E-state index contributed by atoms with van der Waals surface area (Å²) in [5.41, 5.74) is -0.449. The van der Waals surface area contributed by atoms with E-state index in [2.05, 4.69) is 16.2 Å². The molecule has 1 fully saturated rings. The van der Waals surface area contributed by atoms with Gasteiger partial charge in [0, 0.05) is 32.3 Å². The van der Waals surface area contributed by atoms with Crippen LogP contribution in [0.4, 0.5) is 10.6 Å². The molecule has 0 aliphatic carbocycles. The quantitative estimate of drug-likeness (QED) is 0.544. The van der Waals surface area contributed by atoms with Crippen molar-refractivity contribution in [1.82, 2.24) is 9.55 Å². The number of terminal acetylenes is 1. The number of anilines is 1. The third-order valence-electron chi connectivity index (χ3n) is 3.86. The summed E-state index contributed by atoms with van der Waals surface area (Å²) in [5, 5.41) is 12.1. The van der Waals surface area contributed by atoms with Crippen LogP contribution in [-0.2, 0) is 14.2 Å². The smallest absolute Gasteiger partial charge is 0.412 e. The number of amides is 1. The molecule has 3 unspecified atom stereocenters. The zero-order valence-electron chi connectivity index (χ0n) is 14.8. The second-order valence-corrected chi connectivity index (χ2v) is 5.75. The maximum absolute atomic E-state index is 12.2. The Balaban J connectivity index is 2.04. The van der Waals surface area contributed by atoms with Gasteiger partial charge in [-0.3, -0.25) is 9.88 Å². The molecule has 3 atom stereocenters. The van der Waals surface area contributed by atoms with Crippen LogP contribution >= 0.6 is 0 Å². The molecular formula is C17H23N3O6. The summed E-state index contributed by atoms with van der Waals surface area (Å²) in [6.45, 7) is 4.83. The summed E-state index contributed by atoms with van der Waals surface area (Å²) in [7, 11) is 0. The lowest BCUT2D eigenvalue weighted by Gasteiger charge is -2.15. The molecule has 1 aromatic rings.